The summed E-state index contributed by atoms with van der Waals surface area (Å²) in [6, 6.07) is 16.6. The lowest BCUT2D eigenvalue weighted by Crippen LogP contribution is -2.29. The van der Waals surface area contributed by atoms with E-state index in [-0.39, 0.29) is 12.5 Å². The lowest BCUT2D eigenvalue weighted by atomic mass is 10.2. The number of methoxy groups -OCH3 is 1. The molecule has 0 unspecified atom stereocenters. The minimum absolute atomic E-state index is 0.134. The molecular formula is C18H20N2O3. The molecule has 2 rings (SSSR count). The fraction of sp³-hybridized carbons (Fsp3) is 0.222. The molecule has 0 bridgehead atoms. The number of anilines is 1. The van der Waals surface area contributed by atoms with E-state index in [2.05, 4.69) is 10.1 Å². The van der Waals surface area contributed by atoms with Crippen LogP contribution in [-0.2, 0) is 16.1 Å². The van der Waals surface area contributed by atoms with Crippen LogP contribution in [0.4, 0.5) is 5.69 Å². The molecule has 23 heavy (non-hydrogen) atoms. The molecule has 0 heterocycles. The number of carbonyl (C=O) groups is 2. The fourth-order valence-corrected chi connectivity index (χ4v) is 2.24. The van der Waals surface area contributed by atoms with Gasteiger partial charge in [-0.1, -0.05) is 36.4 Å². The summed E-state index contributed by atoms with van der Waals surface area (Å²) in [4.78, 5) is 25.5. The minimum atomic E-state index is -0.428. The highest BCUT2D eigenvalue weighted by molar-refractivity contribution is 5.95. The van der Waals surface area contributed by atoms with Gasteiger partial charge in [-0.25, -0.2) is 4.79 Å². The molecule has 0 saturated carbocycles. The van der Waals surface area contributed by atoms with Crippen molar-refractivity contribution in [2.75, 3.05) is 26.0 Å². The van der Waals surface area contributed by atoms with Gasteiger partial charge in [0, 0.05) is 12.2 Å². The molecule has 5 heteroatoms. The van der Waals surface area contributed by atoms with Crippen LogP contribution in [0.15, 0.2) is 54.6 Å². The number of hydrogen-bond donors (Lipinski definition) is 1. The molecule has 0 aliphatic carbocycles. The van der Waals surface area contributed by atoms with Crippen molar-refractivity contribution in [3.63, 3.8) is 0 Å². The van der Waals surface area contributed by atoms with Gasteiger partial charge in [0.05, 0.1) is 19.2 Å². The van der Waals surface area contributed by atoms with Crippen LogP contribution in [0.1, 0.15) is 15.9 Å². The summed E-state index contributed by atoms with van der Waals surface area (Å²) in [5.41, 5.74) is 2.13. The zero-order chi connectivity index (χ0) is 16.7. The van der Waals surface area contributed by atoms with E-state index in [0.717, 1.165) is 5.56 Å². The van der Waals surface area contributed by atoms with Crippen LogP contribution in [0.3, 0.4) is 0 Å². The molecule has 2 aromatic carbocycles. The quantitative estimate of drug-likeness (QED) is 0.833. The van der Waals surface area contributed by atoms with E-state index in [1.807, 2.05) is 42.3 Å². The summed E-state index contributed by atoms with van der Waals surface area (Å²) < 4.78 is 4.67. The van der Waals surface area contributed by atoms with Gasteiger partial charge >= 0.3 is 5.97 Å². The first-order chi connectivity index (χ1) is 11.1. The Morgan fingerprint density at radius 2 is 1.83 bits per heavy atom. The van der Waals surface area contributed by atoms with E-state index in [0.29, 0.717) is 17.8 Å². The number of carbonyl (C=O) groups excluding carboxylic acids is 2. The van der Waals surface area contributed by atoms with Gasteiger partial charge in [0.2, 0.25) is 5.91 Å². The number of nitrogens with zero attached hydrogens (tertiary/aromatic N) is 1. The maximum Gasteiger partial charge on any atom is 0.337 e. The second-order valence-electron chi connectivity index (χ2n) is 5.28. The molecule has 5 nitrogen and oxygen atoms in total. The van der Waals surface area contributed by atoms with Crippen LogP contribution < -0.4 is 5.32 Å². The Bertz CT molecular complexity index is 671. The van der Waals surface area contributed by atoms with E-state index in [1.54, 1.807) is 24.3 Å². The Labute approximate surface area is 135 Å². The van der Waals surface area contributed by atoms with Crippen LogP contribution in [0.2, 0.25) is 0 Å². The second kappa shape index (κ2) is 8.10. The number of esters is 1. The third-order valence-corrected chi connectivity index (χ3v) is 3.28. The Morgan fingerprint density at radius 1 is 1.09 bits per heavy atom. The number of ether oxygens (including phenoxy) is 1. The summed E-state index contributed by atoms with van der Waals surface area (Å²) in [6.07, 6.45) is 0. The van der Waals surface area contributed by atoms with E-state index in [4.69, 9.17) is 0 Å². The van der Waals surface area contributed by atoms with Gasteiger partial charge in [-0.15, -0.1) is 0 Å². The molecule has 1 N–H and O–H groups in total. The lowest BCUT2D eigenvalue weighted by molar-refractivity contribution is -0.117. The number of benzene rings is 2. The van der Waals surface area contributed by atoms with E-state index >= 15 is 0 Å². The second-order valence-corrected chi connectivity index (χ2v) is 5.28. The van der Waals surface area contributed by atoms with Crippen molar-refractivity contribution in [2.24, 2.45) is 0 Å². The number of rotatable bonds is 6. The number of hydrogen-bond acceptors (Lipinski definition) is 4. The maximum absolute atomic E-state index is 12.1. The third-order valence-electron chi connectivity index (χ3n) is 3.28. The SMILES string of the molecule is COC(=O)c1cccc(NC(=O)CN(C)Cc2ccccc2)c1. The molecule has 0 spiro atoms. The molecule has 2 aromatic rings. The lowest BCUT2D eigenvalue weighted by Gasteiger charge is -2.16. The van der Waals surface area contributed by atoms with Gasteiger partial charge in [-0.3, -0.25) is 9.69 Å². The summed E-state index contributed by atoms with van der Waals surface area (Å²) in [7, 11) is 3.21. The van der Waals surface area contributed by atoms with Crippen LogP contribution in [0, 0.1) is 0 Å². The molecule has 0 aliphatic rings. The minimum Gasteiger partial charge on any atom is -0.465 e. The van der Waals surface area contributed by atoms with E-state index < -0.39 is 5.97 Å². The molecule has 0 atom stereocenters. The van der Waals surface area contributed by atoms with Gasteiger partial charge in [-0.05, 0) is 30.8 Å². The van der Waals surface area contributed by atoms with E-state index in [1.165, 1.54) is 7.11 Å². The molecule has 0 fully saturated rings. The fourth-order valence-electron chi connectivity index (χ4n) is 2.24. The van der Waals surface area contributed by atoms with Gasteiger partial charge in [-0.2, -0.15) is 0 Å². The van der Waals surface area contributed by atoms with Gasteiger partial charge in [0.1, 0.15) is 0 Å². The van der Waals surface area contributed by atoms with Gasteiger partial charge < -0.3 is 10.1 Å². The van der Waals surface area contributed by atoms with Crippen LogP contribution >= 0.6 is 0 Å². The molecule has 0 aromatic heterocycles. The average Bonchev–Trinajstić information content (AvgIpc) is 2.55. The molecule has 120 valence electrons. The van der Waals surface area contributed by atoms with Crippen LogP contribution in [-0.4, -0.2) is 37.5 Å². The van der Waals surface area contributed by atoms with Crippen molar-refractivity contribution in [3.05, 3.63) is 65.7 Å². The Balaban J connectivity index is 1.90. The largest absolute Gasteiger partial charge is 0.465 e. The van der Waals surface area contributed by atoms with Crippen molar-refractivity contribution in [2.45, 2.75) is 6.54 Å². The zero-order valence-corrected chi connectivity index (χ0v) is 13.3. The van der Waals surface area contributed by atoms with Crippen molar-refractivity contribution in [1.29, 1.82) is 0 Å². The normalized spacial score (nSPS) is 10.4. The first kappa shape index (κ1) is 16.7. The smallest absolute Gasteiger partial charge is 0.337 e. The summed E-state index contributed by atoms with van der Waals surface area (Å²) in [5, 5.41) is 2.79. The zero-order valence-electron chi connectivity index (χ0n) is 13.3. The van der Waals surface area contributed by atoms with Crippen LogP contribution in [0.25, 0.3) is 0 Å². The summed E-state index contributed by atoms with van der Waals surface area (Å²) >= 11 is 0. The van der Waals surface area contributed by atoms with Crippen molar-refractivity contribution in [1.82, 2.24) is 4.90 Å². The van der Waals surface area contributed by atoms with Crippen molar-refractivity contribution >= 4 is 17.6 Å². The Kier molecular flexibility index (Phi) is 5.88. The molecule has 0 aliphatic heterocycles. The predicted octanol–water partition coefficient (Wildman–Crippen LogP) is 2.54. The highest BCUT2D eigenvalue weighted by Gasteiger charge is 2.10. The molecule has 0 radical (unpaired) electrons. The predicted molar refractivity (Wildman–Crippen MR) is 89.2 cm³/mol. The number of nitrogens with one attached hydrogen (secondary N) is 1. The molecular weight excluding hydrogens is 292 g/mol. The first-order valence-corrected chi connectivity index (χ1v) is 7.29. The molecule has 0 saturated heterocycles. The maximum atomic E-state index is 12.1. The van der Waals surface area contributed by atoms with Gasteiger partial charge in [0.25, 0.3) is 0 Å². The standard InChI is InChI=1S/C18H20N2O3/c1-20(12-14-7-4-3-5-8-14)13-17(21)19-16-10-6-9-15(11-16)18(22)23-2/h3-11H,12-13H2,1-2H3,(H,19,21). The average molecular weight is 312 g/mol. The Hall–Kier alpha value is -2.66. The highest BCUT2D eigenvalue weighted by atomic mass is 16.5. The first-order valence-electron chi connectivity index (χ1n) is 7.29. The van der Waals surface area contributed by atoms with Gasteiger partial charge in [0.15, 0.2) is 0 Å². The van der Waals surface area contributed by atoms with Crippen molar-refractivity contribution in [3.8, 4) is 0 Å². The summed E-state index contributed by atoms with van der Waals surface area (Å²) in [5.74, 6) is -0.562. The topological polar surface area (TPSA) is 58.6 Å². The van der Waals surface area contributed by atoms with Crippen LogP contribution in [0.5, 0.6) is 0 Å². The summed E-state index contributed by atoms with van der Waals surface area (Å²) in [6.45, 7) is 0.952. The number of likely N-dealkylation sites (N-methyl/N-ethyl adjacent to an activating group) is 1. The highest BCUT2D eigenvalue weighted by Crippen LogP contribution is 2.12. The van der Waals surface area contributed by atoms with E-state index in [9.17, 15) is 9.59 Å². The Morgan fingerprint density at radius 3 is 2.52 bits per heavy atom. The van der Waals surface area contributed by atoms with Crippen molar-refractivity contribution < 1.29 is 14.3 Å². The monoisotopic (exact) mass is 312 g/mol. The molecule has 1 amide bonds. The number of amides is 1. The third kappa shape index (κ3) is 5.23.